The number of carboxylic acids is 1. The Kier molecular flexibility index (Phi) is 4.99. The lowest BCUT2D eigenvalue weighted by Crippen LogP contribution is -2.02. The minimum absolute atomic E-state index is 0.147. The average Bonchev–Trinajstić information content (AvgIpc) is 2.99. The molecule has 0 aliphatic carbocycles. The standard InChI is InChI=1S/C23H17N3O3/c27-22-10-8-15(13-17(22)23(28)29)16-7-9-20(18-5-1-3-11-24-18)26-21(14-16)19-6-2-4-12-25-19/h1-8,10-14,27H,9H2,(H,28,29). The highest BCUT2D eigenvalue weighted by molar-refractivity contribution is 6.05. The molecule has 3 heterocycles. The summed E-state index contributed by atoms with van der Waals surface area (Å²) in [5, 5.41) is 19.2. The van der Waals surface area contributed by atoms with E-state index in [0.29, 0.717) is 23.4 Å². The summed E-state index contributed by atoms with van der Waals surface area (Å²) >= 11 is 0. The Morgan fingerprint density at radius 2 is 1.66 bits per heavy atom. The summed E-state index contributed by atoms with van der Waals surface area (Å²) in [7, 11) is 0. The molecule has 1 aromatic carbocycles. The molecule has 142 valence electrons. The largest absolute Gasteiger partial charge is 0.507 e. The fourth-order valence-electron chi connectivity index (χ4n) is 3.07. The Bertz CT molecular complexity index is 1150. The number of aromatic hydroxyl groups is 1. The van der Waals surface area contributed by atoms with Gasteiger partial charge in [-0.15, -0.1) is 0 Å². The van der Waals surface area contributed by atoms with Crippen molar-refractivity contribution in [2.45, 2.75) is 6.42 Å². The molecule has 2 aromatic heterocycles. The van der Waals surface area contributed by atoms with Gasteiger partial charge in [-0.05, 0) is 53.6 Å². The third kappa shape index (κ3) is 3.96. The lowest BCUT2D eigenvalue weighted by atomic mass is 9.99. The third-order valence-electron chi connectivity index (χ3n) is 4.51. The molecule has 29 heavy (non-hydrogen) atoms. The molecular weight excluding hydrogens is 366 g/mol. The van der Waals surface area contributed by atoms with E-state index in [0.717, 1.165) is 17.0 Å². The molecule has 0 fully saturated rings. The fraction of sp³-hybridized carbons (Fsp3) is 0.0435. The number of phenols is 1. The number of rotatable bonds is 4. The lowest BCUT2D eigenvalue weighted by Gasteiger charge is -2.07. The van der Waals surface area contributed by atoms with Crippen molar-refractivity contribution in [1.29, 1.82) is 0 Å². The molecule has 1 aliphatic heterocycles. The molecule has 0 bridgehead atoms. The zero-order chi connectivity index (χ0) is 20.2. The zero-order valence-electron chi connectivity index (χ0n) is 15.4. The average molecular weight is 383 g/mol. The van der Waals surface area contributed by atoms with Crippen LogP contribution in [0.5, 0.6) is 5.75 Å². The fourth-order valence-corrected chi connectivity index (χ4v) is 3.07. The molecule has 0 unspecified atom stereocenters. The van der Waals surface area contributed by atoms with Crippen molar-refractivity contribution in [2.24, 2.45) is 4.99 Å². The van der Waals surface area contributed by atoms with Crippen molar-refractivity contribution in [2.75, 3.05) is 0 Å². The van der Waals surface area contributed by atoms with Gasteiger partial charge in [0.25, 0.3) is 0 Å². The summed E-state index contributed by atoms with van der Waals surface area (Å²) < 4.78 is 0. The number of pyridine rings is 2. The number of carboxylic acid groups (broad SMARTS) is 1. The molecule has 4 rings (SSSR count). The number of benzene rings is 1. The highest BCUT2D eigenvalue weighted by Gasteiger charge is 2.16. The number of nitrogens with zero attached hydrogens (tertiary/aromatic N) is 3. The van der Waals surface area contributed by atoms with Gasteiger partial charge < -0.3 is 10.2 Å². The van der Waals surface area contributed by atoms with Crippen LogP contribution in [0.15, 0.2) is 84.1 Å². The molecule has 0 saturated heterocycles. The summed E-state index contributed by atoms with van der Waals surface area (Å²) in [6, 6.07) is 15.8. The maximum atomic E-state index is 11.4. The van der Waals surface area contributed by atoms with Gasteiger partial charge in [-0.3, -0.25) is 9.97 Å². The second kappa shape index (κ2) is 7.90. The van der Waals surface area contributed by atoms with Crippen molar-refractivity contribution in [3.8, 4) is 5.75 Å². The molecule has 6 nitrogen and oxygen atoms in total. The Morgan fingerprint density at radius 1 is 0.931 bits per heavy atom. The van der Waals surface area contributed by atoms with Crippen LogP contribution in [0.2, 0.25) is 0 Å². The first kappa shape index (κ1) is 18.3. The van der Waals surface area contributed by atoms with E-state index in [-0.39, 0.29) is 11.3 Å². The predicted molar refractivity (Wildman–Crippen MR) is 111 cm³/mol. The Morgan fingerprint density at radius 3 is 2.31 bits per heavy atom. The van der Waals surface area contributed by atoms with Crippen LogP contribution >= 0.6 is 0 Å². The van der Waals surface area contributed by atoms with Crippen LogP contribution in [-0.4, -0.2) is 31.9 Å². The van der Waals surface area contributed by atoms with Gasteiger partial charge in [-0.2, -0.15) is 0 Å². The van der Waals surface area contributed by atoms with E-state index in [4.69, 9.17) is 4.99 Å². The topological polar surface area (TPSA) is 95.7 Å². The van der Waals surface area contributed by atoms with Gasteiger partial charge in [0.2, 0.25) is 0 Å². The molecule has 1 aliphatic rings. The van der Waals surface area contributed by atoms with E-state index in [1.807, 2.05) is 48.6 Å². The minimum atomic E-state index is -1.18. The van der Waals surface area contributed by atoms with E-state index in [9.17, 15) is 15.0 Å². The molecule has 2 N–H and O–H groups in total. The number of hydrogen-bond acceptors (Lipinski definition) is 5. The smallest absolute Gasteiger partial charge is 0.339 e. The van der Waals surface area contributed by atoms with Gasteiger partial charge in [0, 0.05) is 18.8 Å². The van der Waals surface area contributed by atoms with Gasteiger partial charge in [0.05, 0.1) is 22.8 Å². The van der Waals surface area contributed by atoms with Gasteiger partial charge in [-0.1, -0.05) is 24.3 Å². The van der Waals surface area contributed by atoms with Crippen LogP contribution in [0.4, 0.5) is 0 Å². The van der Waals surface area contributed by atoms with Crippen molar-refractivity contribution in [1.82, 2.24) is 9.97 Å². The SMILES string of the molecule is O=C(O)c1cc(C2=CCC(c3ccccn3)=NC(c3ccccn3)=C2)ccc1O. The van der Waals surface area contributed by atoms with Crippen LogP contribution in [0.3, 0.4) is 0 Å². The monoisotopic (exact) mass is 383 g/mol. The predicted octanol–water partition coefficient (Wildman–Crippen LogP) is 4.20. The Balaban J connectivity index is 1.83. The maximum absolute atomic E-state index is 11.4. The van der Waals surface area contributed by atoms with E-state index in [1.54, 1.807) is 18.5 Å². The maximum Gasteiger partial charge on any atom is 0.339 e. The molecule has 0 saturated carbocycles. The molecule has 3 aromatic rings. The summed E-state index contributed by atoms with van der Waals surface area (Å²) in [5.41, 5.74) is 4.23. The van der Waals surface area contributed by atoms with Gasteiger partial charge in [0.1, 0.15) is 11.3 Å². The first-order chi connectivity index (χ1) is 14.1. The number of aromatic carboxylic acids is 1. The number of aromatic nitrogens is 2. The molecular formula is C23H17N3O3. The number of carbonyl (C=O) groups is 1. The van der Waals surface area contributed by atoms with Crippen molar-refractivity contribution < 1.29 is 15.0 Å². The van der Waals surface area contributed by atoms with Crippen LogP contribution in [0, 0.1) is 0 Å². The summed E-state index contributed by atoms with van der Waals surface area (Å²) in [4.78, 5) is 25.0. The number of aliphatic imine (C=N–C) groups is 1. The van der Waals surface area contributed by atoms with Crippen molar-refractivity contribution in [3.63, 3.8) is 0 Å². The van der Waals surface area contributed by atoms with Crippen LogP contribution in [0.25, 0.3) is 11.3 Å². The summed E-state index contributed by atoms with van der Waals surface area (Å²) in [5.74, 6) is -1.45. The van der Waals surface area contributed by atoms with Crippen LogP contribution in [-0.2, 0) is 0 Å². The van der Waals surface area contributed by atoms with Crippen molar-refractivity contribution >= 4 is 23.0 Å². The van der Waals surface area contributed by atoms with E-state index < -0.39 is 5.97 Å². The molecule has 0 amide bonds. The molecule has 0 radical (unpaired) electrons. The first-order valence-electron chi connectivity index (χ1n) is 9.01. The molecule has 6 heteroatoms. The van der Waals surface area contributed by atoms with Gasteiger partial charge >= 0.3 is 5.97 Å². The third-order valence-corrected chi connectivity index (χ3v) is 4.51. The quantitative estimate of drug-likeness (QED) is 0.704. The van der Waals surface area contributed by atoms with Crippen LogP contribution < -0.4 is 0 Å². The molecule has 0 atom stereocenters. The minimum Gasteiger partial charge on any atom is -0.507 e. The number of allylic oxidation sites excluding steroid dienone is 3. The van der Waals surface area contributed by atoms with E-state index in [2.05, 4.69) is 9.97 Å². The van der Waals surface area contributed by atoms with E-state index in [1.165, 1.54) is 12.1 Å². The first-order valence-corrected chi connectivity index (χ1v) is 9.01. The van der Waals surface area contributed by atoms with Gasteiger partial charge in [-0.25, -0.2) is 9.79 Å². The summed E-state index contributed by atoms with van der Waals surface area (Å²) in [6.45, 7) is 0. The van der Waals surface area contributed by atoms with Gasteiger partial charge in [0.15, 0.2) is 0 Å². The van der Waals surface area contributed by atoms with Crippen LogP contribution in [0.1, 0.15) is 33.7 Å². The highest BCUT2D eigenvalue weighted by Crippen LogP contribution is 2.29. The Hall–Kier alpha value is -4.06. The zero-order valence-corrected chi connectivity index (χ0v) is 15.4. The normalized spacial score (nSPS) is 13.7. The number of hydrogen-bond donors (Lipinski definition) is 2. The Labute approximate surface area is 167 Å². The second-order valence-corrected chi connectivity index (χ2v) is 6.42. The second-order valence-electron chi connectivity index (χ2n) is 6.42. The molecule has 0 spiro atoms. The van der Waals surface area contributed by atoms with Crippen molar-refractivity contribution in [3.05, 3.63) is 102 Å². The van der Waals surface area contributed by atoms with E-state index >= 15 is 0 Å². The summed E-state index contributed by atoms with van der Waals surface area (Å²) in [6.07, 6.45) is 7.78. The highest BCUT2D eigenvalue weighted by atomic mass is 16.4. The lowest BCUT2D eigenvalue weighted by molar-refractivity contribution is 0.0693.